The molecule has 1 heterocycles. The summed E-state index contributed by atoms with van der Waals surface area (Å²) in [6.45, 7) is 3.04. The zero-order chi connectivity index (χ0) is 19.1. The number of rotatable bonds is 3. The summed E-state index contributed by atoms with van der Waals surface area (Å²) in [5.74, 6) is -0.167. The molecule has 2 aromatic rings. The van der Waals surface area contributed by atoms with Gasteiger partial charge < -0.3 is 4.74 Å². The quantitative estimate of drug-likeness (QED) is 0.574. The van der Waals surface area contributed by atoms with Gasteiger partial charge in [0.15, 0.2) is 0 Å². The zero-order valence-electron chi connectivity index (χ0n) is 13.8. The number of hydrogen-bond acceptors (Lipinski definition) is 5. The summed E-state index contributed by atoms with van der Waals surface area (Å²) < 4.78 is 5.97. The zero-order valence-corrected chi connectivity index (χ0v) is 15.3. The number of carbonyl (C=O) groups is 1. The van der Waals surface area contributed by atoms with Crippen molar-refractivity contribution in [3.63, 3.8) is 0 Å². The van der Waals surface area contributed by atoms with Gasteiger partial charge in [-0.1, -0.05) is 29.3 Å². The maximum Gasteiger partial charge on any atom is 0.269 e. The Bertz CT molecular complexity index is 930. The summed E-state index contributed by atoms with van der Waals surface area (Å²) in [6.07, 6.45) is 0. The Morgan fingerprint density at radius 1 is 1.19 bits per heavy atom. The standard InChI is InChI=1S/C17H13Cl2N3O4/c1-10(23)21-17(2,12-5-8-14(18)15(19)9-12)26-16(20-21)11-3-6-13(7-4-11)22(24)25/h3-9H,1-2H3/t17-/m0/s1. The second-order valence-electron chi connectivity index (χ2n) is 5.75. The van der Waals surface area contributed by atoms with Crippen molar-refractivity contribution in [3.05, 3.63) is 73.8 Å². The summed E-state index contributed by atoms with van der Waals surface area (Å²) in [7, 11) is 0. The van der Waals surface area contributed by atoms with Crippen LogP contribution in [0, 0.1) is 10.1 Å². The first-order valence-electron chi connectivity index (χ1n) is 7.51. The Kier molecular flexibility index (Phi) is 4.60. The molecule has 3 rings (SSSR count). The number of hydrazone groups is 1. The van der Waals surface area contributed by atoms with E-state index >= 15 is 0 Å². The van der Waals surface area contributed by atoms with Gasteiger partial charge in [0, 0.05) is 37.1 Å². The van der Waals surface area contributed by atoms with E-state index < -0.39 is 10.6 Å². The third kappa shape index (κ3) is 3.11. The summed E-state index contributed by atoms with van der Waals surface area (Å²) in [6, 6.07) is 10.6. The van der Waals surface area contributed by atoms with Crippen molar-refractivity contribution in [1.82, 2.24) is 5.01 Å². The lowest BCUT2D eigenvalue weighted by Crippen LogP contribution is -2.41. The molecule has 26 heavy (non-hydrogen) atoms. The lowest BCUT2D eigenvalue weighted by Gasteiger charge is -2.31. The Balaban J connectivity index is 2.00. The molecule has 1 amide bonds. The smallest absolute Gasteiger partial charge is 0.269 e. The third-order valence-corrected chi connectivity index (χ3v) is 4.71. The average Bonchev–Trinajstić information content (AvgIpc) is 2.96. The maximum absolute atomic E-state index is 12.1. The van der Waals surface area contributed by atoms with Gasteiger partial charge in [-0.25, -0.2) is 0 Å². The molecule has 134 valence electrons. The molecule has 0 saturated carbocycles. The van der Waals surface area contributed by atoms with E-state index in [1.165, 1.54) is 36.2 Å². The molecule has 1 aliphatic heterocycles. The SMILES string of the molecule is CC(=O)N1N=C(c2ccc([N+](=O)[O-])cc2)O[C@@]1(C)c1ccc(Cl)c(Cl)c1. The fraction of sp³-hybridized carbons (Fsp3) is 0.176. The number of nitro benzene ring substituents is 1. The minimum absolute atomic E-state index is 0.0528. The van der Waals surface area contributed by atoms with Crippen LogP contribution >= 0.6 is 23.2 Å². The Labute approximate surface area is 158 Å². The van der Waals surface area contributed by atoms with Crippen LogP contribution in [0.2, 0.25) is 10.0 Å². The van der Waals surface area contributed by atoms with E-state index in [0.29, 0.717) is 21.2 Å². The van der Waals surface area contributed by atoms with E-state index in [9.17, 15) is 14.9 Å². The van der Waals surface area contributed by atoms with Crippen LogP contribution in [-0.2, 0) is 15.3 Å². The predicted molar refractivity (Wildman–Crippen MR) is 97.1 cm³/mol. The van der Waals surface area contributed by atoms with Crippen LogP contribution in [0.1, 0.15) is 25.0 Å². The van der Waals surface area contributed by atoms with Gasteiger partial charge in [-0.15, -0.1) is 5.10 Å². The van der Waals surface area contributed by atoms with E-state index in [4.69, 9.17) is 27.9 Å². The van der Waals surface area contributed by atoms with Crippen LogP contribution in [0.15, 0.2) is 47.6 Å². The Hall–Kier alpha value is -2.64. The molecule has 0 spiro atoms. The minimum Gasteiger partial charge on any atom is -0.443 e. The van der Waals surface area contributed by atoms with Gasteiger partial charge in [-0.3, -0.25) is 14.9 Å². The van der Waals surface area contributed by atoms with Gasteiger partial charge >= 0.3 is 0 Å². The highest BCUT2D eigenvalue weighted by Gasteiger charge is 2.45. The second kappa shape index (κ2) is 6.59. The first-order chi connectivity index (χ1) is 12.2. The average molecular weight is 394 g/mol. The van der Waals surface area contributed by atoms with Gasteiger partial charge in [0.1, 0.15) is 0 Å². The molecule has 0 bridgehead atoms. The number of hydrogen-bond donors (Lipinski definition) is 0. The maximum atomic E-state index is 12.1. The molecule has 0 radical (unpaired) electrons. The molecule has 1 atom stereocenters. The number of nitrogens with zero attached hydrogens (tertiary/aromatic N) is 3. The highest BCUT2D eigenvalue weighted by atomic mass is 35.5. The van der Waals surface area contributed by atoms with E-state index in [2.05, 4.69) is 5.10 Å². The van der Waals surface area contributed by atoms with E-state index in [1.807, 2.05) is 0 Å². The number of nitro groups is 1. The minimum atomic E-state index is -1.23. The molecular formula is C17H13Cl2N3O4. The molecule has 7 nitrogen and oxygen atoms in total. The molecule has 0 N–H and O–H groups in total. The fourth-order valence-electron chi connectivity index (χ4n) is 2.62. The third-order valence-electron chi connectivity index (χ3n) is 3.97. The van der Waals surface area contributed by atoms with Crippen molar-refractivity contribution in [1.29, 1.82) is 0 Å². The topological polar surface area (TPSA) is 85.0 Å². The first kappa shape index (κ1) is 18.2. The van der Waals surface area contributed by atoms with Crippen molar-refractivity contribution in [3.8, 4) is 0 Å². The van der Waals surface area contributed by atoms with Crippen molar-refractivity contribution >= 4 is 40.7 Å². The lowest BCUT2D eigenvalue weighted by atomic mass is 10.0. The van der Waals surface area contributed by atoms with Crippen LogP contribution < -0.4 is 0 Å². The van der Waals surface area contributed by atoms with E-state index in [0.717, 1.165) is 0 Å². The van der Waals surface area contributed by atoms with Gasteiger partial charge in [-0.05, 0) is 24.3 Å². The normalized spacial score (nSPS) is 19.1. The van der Waals surface area contributed by atoms with E-state index in [-0.39, 0.29) is 17.5 Å². The molecule has 0 aromatic heterocycles. The largest absolute Gasteiger partial charge is 0.443 e. The molecule has 0 saturated heterocycles. The number of ether oxygens (including phenoxy) is 1. The van der Waals surface area contributed by atoms with Crippen LogP contribution in [0.5, 0.6) is 0 Å². The van der Waals surface area contributed by atoms with Gasteiger partial charge in [0.2, 0.25) is 17.5 Å². The van der Waals surface area contributed by atoms with Gasteiger partial charge in [0.25, 0.3) is 5.69 Å². The molecule has 0 aliphatic carbocycles. The number of carbonyl (C=O) groups excluding carboxylic acids is 1. The highest BCUT2D eigenvalue weighted by molar-refractivity contribution is 6.42. The molecule has 9 heteroatoms. The summed E-state index contributed by atoms with van der Waals surface area (Å²) in [5.41, 5.74) is -0.187. The van der Waals surface area contributed by atoms with Crippen molar-refractivity contribution < 1.29 is 14.5 Å². The monoisotopic (exact) mass is 393 g/mol. The van der Waals surface area contributed by atoms with Crippen molar-refractivity contribution in [2.24, 2.45) is 5.10 Å². The van der Waals surface area contributed by atoms with Crippen LogP contribution in [0.3, 0.4) is 0 Å². The predicted octanol–water partition coefficient (Wildman–Crippen LogP) is 4.31. The van der Waals surface area contributed by atoms with Gasteiger partial charge in [-0.2, -0.15) is 5.01 Å². The van der Waals surface area contributed by atoms with Crippen LogP contribution in [-0.4, -0.2) is 21.7 Å². The summed E-state index contributed by atoms with van der Waals surface area (Å²) in [5, 5.41) is 16.9. The Morgan fingerprint density at radius 2 is 1.85 bits per heavy atom. The number of amides is 1. The van der Waals surface area contributed by atoms with Crippen molar-refractivity contribution in [2.45, 2.75) is 19.6 Å². The molecule has 1 aliphatic rings. The molecule has 0 fully saturated rings. The summed E-state index contributed by atoms with van der Waals surface area (Å²) in [4.78, 5) is 22.4. The molecule has 2 aromatic carbocycles. The van der Waals surface area contributed by atoms with Crippen LogP contribution in [0.25, 0.3) is 0 Å². The van der Waals surface area contributed by atoms with Crippen LogP contribution in [0.4, 0.5) is 5.69 Å². The number of halogens is 2. The molecular weight excluding hydrogens is 381 g/mol. The number of benzene rings is 2. The first-order valence-corrected chi connectivity index (χ1v) is 8.27. The lowest BCUT2D eigenvalue weighted by molar-refractivity contribution is -0.384. The van der Waals surface area contributed by atoms with Gasteiger partial charge in [0.05, 0.1) is 15.0 Å². The highest BCUT2D eigenvalue weighted by Crippen LogP contribution is 2.38. The fourth-order valence-corrected chi connectivity index (χ4v) is 2.92. The summed E-state index contributed by atoms with van der Waals surface area (Å²) >= 11 is 12.0. The number of non-ortho nitro benzene ring substituents is 1. The second-order valence-corrected chi connectivity index (χ2v) is 6.57. The van der Waals surface area contributed by atoms with Crippen molar-refractivity contribution in [2.75, 3.05) is 0 Å². The Morgan fingerprint density at radius 3 is 2.38 bits per heavy atom. The van der Waals surface area contributed by atoms with E-state index in [1.54, 1.807) is 25.1 Å². The molecule has 0 unspecified atom stereocenters.